The number of hydrogen-bond donors (Lipinski definition) is 3. The molecule has 0 aromatic carbocycles. The number of pyridine rings is 1. The summed E-state index contributed by atoms with van der Waals surface area (Å²) in [6.45, 7) is 2.86. The summed E-state index contributed by atoms with van der Waals surface area (Å²) in [5.41, 5.74) is 0.521. The van der Waals surface area contributed by atoms with E-state index in [4.69, 9.17) is 11.6 Å². The maximum Gasteiger partial charge on any atom is 0.315 e. The average Bonchev–Trinajstić information content (AvgIpc) is 2.48. The third kappa shape index (κ3) is 4.58. The van der Waals surface area contributed by atoms with Gasteiger partial charge in [-0.1, -0.05) is 31.4 Å². The van der Waals surface area contributed by atoms with Crippen LogP contribution in [0.2, 0.25) is 5.02 Å². The molecule has 5 nitrogen and oxygen atoms in total. The zero-order valence-electron chi connectivity index (χ0n) is 12.2. The third-order valence-corrected chi connectivity index (χ3v) is 4.37. The van der Waals surface area contributed by atoms with E-state index in [9.17, 15) is 9.90 Å². The molecule has 0 radical (unpaired) electrons. The van der Waals surface area contributed by atoms with Crippen LogP contribution in [0.3, 0.4) is 0 Å². The number of hydrogen-bond acceptors (Lipinski definition) is 3. The van der Waals surface area contributed by atoms with E-state index in [1.165, 1.54) is 0 Å². The Morgan fingerprint density at radius 3 is 2.95 bits per heavy atom. The van der Waals surface area contributed by atoms with E-state index in [1.54, 1.807) is 18.3 Å². The second-order valence-corrected chi connectivity index (χ2v) is 6.36. The zero-order valence-corrected chi connectivity index (χ0v) is 13.0. The molecule has 2 amide bonds. The number of carbonyl (C=O) groups excluding carboxylic acids is 1. The number of nitrogens with one attached hydrogen (secondary N) is 2. The van der Waals surface area contributed by atoms with Crippen molar-refractivity contribution >= 4 is 17.6 Å². The molecule has 116 valence electrons. The highest BCUT2D eigenvalue weighted by Gasteiger charge is 2.35. The first-order valence-corrected chi connectivity index (χ1v) is 7.68. The van der Waals surface area contributed by atoms with Crippen molar-refractivity contribution in [1.82, 2.24) is 15.6 Å². The lowest BCUT2D eigenvalue weighted by Gasteiger charge is -2.38. The van der Waals surface area contributed by atoms with Crippen LogP contribution in [-0.2, 0) is 6.54 Å². The number of aromatic nitrogens is 1. The van der Waals surface area contributed by atoms with E-state index in [1.807, 2.05) is 6.92 Å². The van der Waals surface area contributed by atoms with Gasteiger partial charge in [-0.25, -0.2) is 4.79 Å². The largest absolute Gasteiger partial charge is 0.392 e. The minimum absolute atomic E-state index is 0.228. The van der Waals surface area contributed by atoms with Crippen molar-refractivity contribution in [3.8, 4) is 0 Å². The minimum atomic E-state index is -0.343. The Hall–Kier alpha value is -1.33. The number of aliphatic hydroxyl groups excluding tert-OH is 1. The van der Waals surface area contributed by atoms with Gasteiger partial charge in [0.05, 0.1) is 23.4 Å². The molecule has 21 heavy (non-hydrogen) atoms. The van der Waals surface area contributed by atoms with Crippen molar-refractivity contribution in [3.63, 3.8) is 0 Å². The summed E-state index contributed by atoms with van der Waals surface area (Å²) in [4.78, 5) is 15.9. The van der Waals surface area contributed by atoms with E-state index >= 15 is 0 Å². The van der Waals surface area contributed by atoms with Gasteiger partial charge in [-0.05, 0) is 25.0 Å². The first kappa shape index (κ1) is 16.0. The van der Waals surface area contributed by atoms with Crippen LogP contribution in [0.5, 0.6) is 0 Å². The topological polar surface area (TPSA) is 74.2 Å². The lowest BCUT2D eigenvalue weighted by Crippen LogP contribution is -2.47. The van der Waals surface area contributed by atoms with Crippen molar-refractivity contribution in [2.45, 2.75) is 45.3 Å². The fourth-order valence-electron chi connectivity index (χ4n) is 2.61. The molecule has 2 rings (SSSR count). The molecule has 1 fully saturated rings. The highest BCUT2D eigenvalue weighted by Crippen LogP contribution is 2.35. The average molecular weight is 312 g/mol. The Kier molecular flexibility index (Phi) is 5.42. The molecule has 0 saturated heterocycles. The van der Waals surface area contributed by atoms with Crippen molar-refractivity contribution in [2.24, 2.45) is 5.41 Å². The van der Waals surface area contributed by atoms with Crippen molar-refractivity contribution in [3.05, 3.63) is 29.0 Å². The number of nitrogens with zero attached hydrogens (tertiary/aromatic N) is 1. The monoisotopic (exact) mass is 311 g/mol. The molecule has 6 heteroatoms. The smallest absolute Gasteiger partial charge is 0.315 e. The molecule has 2 atom stereocenters. The standard InChI is InChI=1S/C15H22ClN3O2/c1-15(7-3-2-4-13(15)20)10-19-14(21)18-9-12-6-5-11(16)8-17-12/h5-6,8,13,20H,2-4,7,9-10H2,1H3,(H2,18,19,21). The number of carbonyl (C=O) groups is 1. The van der Waals surface area contributed by atoms with Gasteiger partial charge in [0.15, 0.2) is 0 Å². The number of aliphatic hydroxyl groups is 1. The highest BCUT2D eigenvalue weighted by atomic mass is 35.5. The molecule has 1 aromatic rings. The van der Waals surface area contributed by atoms with Crippen LogP contribution in [0.25, 0.3) is 0 Å². The second kappa shape index (κ2) is 7.09. The lowest BCUT2D eigenvalue weighted by atomic mass is 9.73. The molecule has 1 aromatic heterocycles. The van der Waals surface area contributed by atoms with Gasteiger partial charge >= 0.3 is 6.03 Å². The maximum atomic E-state index is 11.8. The number of urea groups is 1. The molecule has 1 saturated carbocycles. The molecular weight excluding hydrogens is 290 g/mol. The first-order chi connectivity index (χ1) is 9.99. The van der Waals surface area contributed by atoms with Gasteiger partial charge in [-0.3, -0.25) is 4.98 Å². The SMILES string of the molecule is CC1(CNC(=O)NCc2ccc(Cl)cn2)CCCCC1O. The number of rotatable bonds is 4. The Bertz CT molecular complexity index is 480. The maximum absolute atomic E-state index is 11.8. The molecule has 0 bridgehead atoms. The number of amides is 2. The van der Waals surface area contributed by atoms with E-state index < -0.39 is 0 Å². The third-order valence-electron chi connectivity index (χ3n) is 4.15. The molecule has 2 unspecified atom stereocenters. The predicted molar refractivity (Wildman–Crippen MR) is 82.1 cm³/mol. The Morgan fingerprint density at radius 1 is 1.48 bits per heavy atom. The molecule has 1 heterocycles. The van der Waals surface area contributed by atoms with Gasteiger partial charge in [-0.2, -0.15) is 0 Å². The van der Waals surface area contributed by atoms with Crippen LogP contribution in [0.15, 0.2) is 18.3 Å². The van der Waals surface area contributed by atoms with E-state index in [0.717, 1.165) is 31.4 Å². The Morgan fingerprint density at radius 2 is 2.29 bits per heavy atom. The molecule has 0 spiro atoms. The lowest BCUT2D eigenvalue weighted by molar-refractivity contribution is 0.00308. The molecular formula is C15H22ClN3O2. The van der Waals surface area contributed by atoms with Crippen LogP contribution >= 0.6 is 11.6 Å². The van der Waals surface area contributed by atoms with Crippen molar-refractivity contribution < 1.29 is 9.90 Å². The molecule has 0 aliphatic heterocycles. The fraction of sp³-hybridized carbons (Fsp3) is 0.600. The van der Waals surface area contributed by atoms with Gasteiger partial charge in [0, 0.05) is 18.2 Å². The van der Waals surface area contributed by atoms with E-state index in [2.05, 4.69) is 15.6 Å². The summed E-state index contributed by atoms with van der Waals surface area (Å²) >= 11 is 5.75. The zero-order chi connectivity index (χ0) is 15.3. The van der Waals surface area contributed by atoms with Gasteiger partial charge in [-0.15, -0.1) is 0 Å². The van der Waals surface area contributed by atoms with Gasteiger partial charge < -0.3 is 15.7 Å². The second-order valence-electron chi connectivity index (χ2n) is 5.92. The van der Waals surface area contributed by atoms with Crippen LogP contribution in [0, 0.1) is 5.41 Å². The Balaban J connectivity index is 1.75. The molecule has 1 aliphatic carbocycles. The summed E-state index contributed by atoms with van der Waals surface area (Å²) in [6.07, 6.45) is 5.12. The molecule has 3 N–H and O–H groups in total. The predicted octanol–water partition coefficient (Wildman–Crippen LogP) is 2.48. The summed E-state index contributed by atoms with van der Waals surface area (Å²) in [6, 6.07) is 3.27. The molecule has 1 aliphatic rings. The fourth-order valence-corrected chi connectivity index (χ4v) is 2.73. The minimum Gasteiger partial charge on any atom is -0.392 e. The summed E-state index contributed by atoms with van der Waals surface area (Å²) in [5.74, 6) is 0. The quantitative estimate of drug-likeness (QED) is 0.799. The highest BCUT2D eigenvalue weighted by molar-refractivity contribution is 6.30. The van der Waals surface area contributed by atoms with E-state index in [0.29, 0.717) is 18.1 Å². The van der Waals surface area contributed by atoms with Crippen LogP contribution in [-0.4, -0.2) is 28.8 Å². The first-order valence-electron chi connectivity index (χ1n) is 7.30. The van der Waals surface area contributed by atoms with Gasteiger partial charge in [0.1, 0.15) is 0 Å². The van der Waals surface area contributed by atoms with Crippen LogP contribution in [0.1, 0.15) is 38.3 Å². The van der Waals surface area contributed by atoms with Crippen molar-refractivity contribution in [2.75, 3.05) is 6.54 Å². The van der Waals surface area contributed by atoms with Gasteiger partial charge in [0.2, 0.25) is 0 Å². The van der Waals surface area contributed by atoms with Crippen molar-refractivity contribution in [1.29, 1.82) is 0 Å². The number of halogens is 1. The van der Waals surface area contributed by atoms with Crippen LogP contribution in [0.4, 0.5) is 4.79 Å². The summed E-state index contributed by atoms with van der Waals surface area (Å²) < 4.78 is 0. The Labute approximate surface area is 130 Å². The summed E-state index contributed by atoms with van der Waals surface area (Å²) in [7, 11) is 0. The van der Waals surface area contributed by atoms with Gasteiger partial charge in [0.25, 0.3) is 0 Å². The van der Waals surface area contributed by atoms with E-state index in [-0.39, 0.29) is 17.6 Å². The normalized spacial score (nSPS) is 25.4. The van der Waals surface area contributed by atoms with Crippen LogP contribution < -0.4 is 10.6 Å². The summed E-state index contributed by atoms with van der Waals surface area (Å²) in [5, 5.41) is 16.2.